The van der Waals surface area contributed by atoms with Crippen LogP contribution in [0.2, 0.25) is 0 Å². The van der Waals surface area contributed by atoms with Crippen molar-refractivity contribution in [3.63, 3.8) is 0 Å². The molecule has 26 heavy (non-hydrogen) atoms. The van der Waals surface area contributed by atoms with Crippen LogP contribution in [0.5, 0.6) is 0 Å². The molecule has 0 saturated carbocycles. The Kier molecular flexibility index (Phi) is 22.8. The minimum Gasteiger partial charge on any atom is -0.380 e. The van der Waals surface area contributed by atoms with Crippen molar-refractivity contribution in [1.82, 2.24) is 5.32 Å². The molecule has 0 aliphatic heterocycles. The smallest absolute Gasteiger partial charge is 0.155 e. The van der Waals surface area contributed by atoms with Gasteiger partial charge in [-0.3, -0.25) is 4.79 Å². The summed E-state index contributed by atoms with van der Waals surface area (Å²) in [5.41, 5.74) is -0.474. The third-order valence-electron chi connectivity index (χ3n) is 4.47. The van der Waals surface area contributed by atoms with Crippen molar-refractivity contribution in [2.45, 2.75) is 85.4 Å². The van der Waals surface area contributed by atoms with Crippen LogP contribution in [0.4, 0.5) is 0 Å². The first-order valence-corrected chi connectivity index (χ1v) is 9.80. The van der Waals surface area contributed by atoms with E-state index >= 15 is 0 Å². The van der Waals surface area contributed by atoms with Crippen LogP contribution in [-0.2, 0) is 51.7 Å². The summed E-state index contributed by atoms with van der Waals surface area (Å²) in [5, 5.41) is 3.06. The first-order chi connectivity index (χ1) is 11.8. The van der Waals surface area contributed by atoms with E-state index < -0.39 is 0 Å². The molecule has 0 saturated heterocycles. The quantitative estimate of drug-likeness (QED) is 0.377. The Labute approximate surface area is 189 Å². The van der Waals surface area contributed by atoms with Crippen molar-refractivity contribution < 1.29 is 53.1 Å². The zero-order valence-corrected chi connectivity index (χ0v) is 21.4. The summed E-state index contributed by atoms with van der Waals surface area (Å²) in [5.74, 6) is 0.0581. The number of carbonyl (C=O) groups is 1. The van der Waals surface area contributed by atoms with Crippen molar-refractivity contribution in [1.29, 1.82) is 0 Å². The molecule has 0 spiro atoms. The number of rotatable bonds is 15. The second-order valence-electron chi connectivity index (χ2n) is 6.66. The monoisotopic (exact) mass is 452 g/mol. The summed E-state index contributed by atoms with van der Waals surface area (Å²) in [7, 11) is 1.92. The van der Waals surface area contributed by atoms with E-state index in [0.717, 1.165) is 38.8 Å². The summed E-state index contributed by atoms with van der Waals surface area (Å²) < 4.78 is 17.5. The predicted octanol–water partition coefficient (Wildman–Crippen LogP) is 4.23. The van der Waals surface area contributed by atoms with Gasteiger partial charge in [0.2, 0.25) is 0 Å². The molecule has 1 N–H and O–H groups in total. The van der Waals surface area contributed by atoms with Crippen LogP contribution < -0.4 is 5.32 Å². The van der Waals surface area contributed by atoms with E-state index in [1.165, 1.54) is 0 Å². The van der Waals surface area contributed by atoms with Gasteiger partial charge in [-0.05, 0) is 53.5 Å². The minimum atomic E-state index is -0.302. The van der Waals surface area contributed by atoms with Crippen molar-refractivity contribution in [2.24, 2.45) is 0 Å². The molecule has 0 aromatic carbocycles. The Morgan fingerprint density at radius 1 is 0.962 bits per heavy atom. The first kappa shape index (κ1) is 31.3. The number of hydrogen-bond acceptors (Lipinski definition) is 5. The average Bonchev–Trinajstić information content (AvgIpc) is 2.61. The van der Waals surface area contributed by atoms with E-state index in [4.69, 9.17) is 14.2 Å². The second-order valence-corrected chi connectivity index (χ2v) is 6.66. The van der Waals surface area contributed by atoms with Gasteiger partial charge in [-0.1, -0.05) is 27.7 Å². The molecule has 0 amide bonds. The summed E-state index contributed by atoms with van der Waals surface area (Å²) in [6.07, 6.45) is 3.47. The molecule has 0 fully saturated rings. The van der Waals surface area contributed by atoms with Crippen molar-refractivity contribution >= 4 is 5.78 Å². The molecule has 5 nitrogen and oxygen atoms in total. The molecule has 0 rings (SSSR count). The van der Waals surface area contributed by atoms with Crippen molar-refractivity contribution in [3.8, 4) is 0 Å². The van der Waals surface area contributed by atoms with E-state index in [9.17, 15) is 4.79 Å². The second kappa shape index (κ2) is 19.0. The van der Waals surface area contributed by atoms with Crippen molar-refractivity contribution in [3.05, 3.63) is 0 Å². The standard InChI is InChI=1S/C18H37NO4.C2H6.Y.H2/c1-7-17(4,9-12-21-14-11-19-6)22-13-10-18(5,8-2)23-15-16(3)20;1-2;;/h19H,7-15H2,1-6H3;1-2H3;;1H. The molecule has 0 bridgehead atoms. The molecular weight excluding hydrogens is 407 g/mol. The Morgan fingerprint density at radius 2 is 1.46 bits per heavy atom. The summed E-state index contributed by atoms with van der Waals surface area (Å²) >= 11 is 0. The molecule has 0 aliphatic carbocycles. The van der Waals surface area contributed by atoms with Gasteiger partial charge in [0, 0.05) is 47.3 Å². The molecule has 2 unspecified atom stereocenters. The Hall–Kier alpha value is 0.614. The van der Waals surface area contributed by atoms with Crippen LogP contribution in [0.25, 0.3) is 0 Å². The van der Waals surface area contributed by atoms with Gasteiger partial charge in [-0.25, -0.2) is 0 Å². The molecular formula is C20H45NO4Y. The molecule has 0 aromatic rings. The normalized spacial score (nSPS) is 15.1. The van der Waals surface area contributed by atoms with Crippen LogP contribution in [-0.4, -0.2) is 57.0 Å². The van der Waals surface area contributed by atoms with E-state index in [1.54, 1.807) is 6.92 Å². The maximum Gasteiger partial charge on any atom is 0.155 e. The molecule has 6 heteroatoms. The number of likely N-dealkylation sites (N-methyl/N-ethyl adjacent to an activating group) is 1. The topological polar surface area (TPSA) is 56.8 Å². The Bertz CT molecular complexity index is 337. The zero-order chi connectivity index (χ0) is 19.8. The van der Waals surface area contributed by atoms with Crippen LogP contribution in [0, 0.1) is 0 Å². The average molecular weight is 452 g/mol. The SMILES string of the molecule is CC.CCC(C)(CCOCCNC)OCCC(C)(CC)OCC(C)=O.[HH].[Y]. The third kappa shape index (κ3) is 16.8. The Morgan fingerprint density at radius 3 is 1.92 bits per heavy atom. The summed E-state index contributed by atoms with van der Waals surface area (Å²) in [6.45, 7) is 17.0. The van der Waals surface area contributed by atoms with Crippen LogP contribution in [0.1, 0.15) is 75.6 Å². The number of Topliss-reactive ketones (excluding diaryl/α,β-unsaturated/α-hetero) is 1. The molecule has 0 heterocycles. The van der Waals surface area contributed by atoms with Gasteiger partial charge in [0.15, 0.2) is 5.78 Å². The molecule has 0 aliphatic rings. The first-order valence-electron chi connectivity index (χ1n) is 9.80. The molecule has 0 aromatic heterocycles. The zero-order valence-electron chi connectivity index (χ0n) is 18.6. The van der Waals surface area contributed by atoms with Gasteiger partial charge < -0.3 is 19.5 Å². The van der Waals surface area contributed by atoms with Crippen LogP contribution in [0.15, 0.2) is 0 Å². The van der Waals surface area contributed by atoms with Gasteiger partial charge in [0.05, 0.1) is 24.4 Å². The van der Waals surface area contributed by atoms with E-state index in [-0.39, 0.29) is 57.7 Å². The molecule has 2 atom stereocenters. The van der Waals surface area contributed by atoms with Gasteiger partial charge in [0.25, 0.3) is 0 Å². The van der Waals surface area contributed by atoms with E-state index in [0.29, 0.717) is 13.2 Å². The van der Waals surface area contributed by atoms with Gasteiger partial charge in [-0.2, -0.15) is 0 Å². The van der Waals surface area contributed by atoms with Gasteiger partial charge >= 0.3 is 0 Å². The van der Waals surface area contributed by atoms with Crippen LogP contribution in [0.3, 0.4) is 0 Å². The number of ketones is 1. The number of nitrogens with one attached hydrogen (secondary N) is 1. The summed E-state index contributed by atoms with van der Waals surface area (Å²) in [6, 6.07) is 0. The molecule has 1 radical (unpaired) electrons. The number of ether oxygens (including phenoxy) is 3. The molecule has 157 valence electrons. The van der Waals surface area contributed by atoms with Crippen LogP contribution >= 0.6 is 0 Å². The fraction of sp³-hybridized carbons (Fsp3) is 0.950. The van der Waals surface area contributed by atoms with Gasteiger partial charge in [-0.15, -0.1) is 0 Å². The largest absolute Gasteiger partial charge is 0.380 e. The third-order valence-corrected chi connectivity index (χ3v) is 4.47. The van der Waals surface area contributed by atoms with Crippen molar-refractivity contribution in [2.75, 3.05) is 40.0 Å². The number of hydrogen-bond donors (Lipinski definition) is 1. The maximum absolute atomic E-state index is 11.1. The fourth-order valence-electron chi connectivity index (χ4n) is 2.06. The van der Waals surface area contributed by atoms with E-state index in [2.05, 4.69) is 26.1 Å². The maximum atomic E-state index is 11.1. The minimum absolute atomic E-state index is 0. The fourth-order valence-corrected chi connectivity index (χ4v) is 2.06. The van der Waals surface area contributed by atoms with Gasteiger partial charge in [0.1, 0.15) is 6.61 Å². The van der Waals surface area contributed by atoms with E-state index in [1.807, 2.05) is 27.8 Å². The predicted molar refractivity (Wildman–Crippen MR) is 107 cm³/mol. The Balaban J connectivity index is -0.000000637. The number of carbonyl (C=O) groups excluding carboxylic acids is 1. The summed E-state index contributed by atoms with van der Waals surface area (Å²) in [4.78, 5) is 11.1.